The van der Waals surface area contributed by atoms with Crippen LogP contribution < -0.4 is 16.4 Å². The molecule has 3 rings (SSSR count). The molecule has 0 spiro atoms. The second-order valence-electron chi connectivity index (χ2n) is 6.91. The Balaban J connectivity index is 1.54. The topological polar surface area (TPSA) is 146 Å². The van der Waals surface area contributed by atoms with Gasteiger partial charge in [-0.25, -0.2) is 14.6 Å². The van der Waals surface area contributed by atoms with Crippen LogP contribution in [0.15, 0.2) is 53.5 Å². The van der Waals surface area contributed by atoms with Crippen molar-refractivity contribution in [1.29, 1.82) is 0 Å². The Morgan fingerprint density at radius 1 is 1.16 bits per heavy atom. The molecule has 0 fully saturated rings. The predicted molar refractivity (Wildman–Crippen MR) is 115 cm³/mol. The fraction of sp³-hybridized carbons (Fsp3) is 0.238. The molecule has 162 valence electrons. The number of carbonyl (C=O) groups is 3. The molecule has 1 atom stereocenters. The third-order valence-corrected chi connectivity index (χ3v) is 4.48. The van der Waals surface area contributed by atoms with Crippen LogP contribution in [0.4, 0.5) is 16.2 Å². The fourth-order valence-corrected chi connectivity index (χ4v) is 2.94. The lowest BCUT2D eigenvalue weighted by molar-refractivity contribution is -0.135. The number of rotatable bonds is 7. The van der Waals surface area contributed by atoms with Crippen molar-refractivity contribution < 1.29 is 24.2 Å². The van der Waals surface area contributed by atoms with Gasteiger partial charge in [0.15, 0.2) is 0 Å². The second kappa shape index (κ2) is 9.26. The number of amides is 3. The molecule has 0 aliphatic carbocycles. The van der Waals surface area contributed by atoms with Crippen LogP contribution in [0, 0.1) is 0 Å². The van der Waals surface area contributed by atoms with Crippen molar-refractivity contribution in [2.45, 2.75) is 19.2 Å². The summed E-state index contributed by atoms with van der Waals surface area (Å²) in [7, 11) is 0. The summed E-state index contributed by atoms with van der Waals surface area (Å²) in [6.45, 7) is 2.38. The van der Waals surface area contributed by atoms with Crippen LogP contribution in [0.1, 0.15) is 22.8 Å². The number of nitrogens with two attached hydrogens (primary N) is 1. The van der Waals surface area contributed by atoms with Crippen LogP contribution in [0.25, 0.3) is 0 Å². The molecule has 0 radical (unpaired) electrons. The quantitative estimate of drug-likeness (QED) is 0.495. The zero-order chi connectivity index (χ0) is 22.4. The third-order valence-electron chi connectivity index (χ3n) is 4.48. The highest BCUT2D eigenvalue weighted by Crippen LogP contribution is 2.18. The molecule has 1 heterocycles. The summed E-state index contributed by atoms with van der Waals surface area (Å²) >= 11 is 0. The smallest absolute Gasteiger partial charge is 0.338 e. The lowest BCUT2D eigenvalue weighted by Crippen LogP contribution is -2.46. The van der Waals surface area contributed by atoms with Crippen LogP contribution in [0.5, 0.6) is 0 Å². The Morgan fingerprint density at radius 3 is 2.52 bits per heavy atom. The van der Waals surface area contributed by atoms with Gasteiger partial charge < -0.3 is 31.1 Å². The minimum Gasteiger partial charge on any atom is -0.462 e. The van der Waals surface area contributed by atoms with Gasteiger partial charge in [0.05, 0.1) is 25.1 Å². The molecular formula is C21H23N5O5. The summed E-state index contributed by atoms with van der Waals surface area (Å²) < 4.78 is 4.95. The van der Waals surface area contributed by atoms with Crippen LogP contribution in [-0.2, 0) is 16.1 Å². The summed E-state index contributed by atoms with van der Waals surface area (Å²) in [5.74, 6) is -1.36. The Labute approximate surface area is 178 Å². The van der Waals surface area contributed by atoms with Gasteiger partial charge in [-0.2, -0.15) is 0 Å². The summed E-state index contributed by atoms with van der Waals surface area (Å²) in [6.07, 6.45) is 1.38. The lowest BCUT2D eigenvalue weighted by Gasteiger charge is -2.19. The molecule has 2 aromatic rings. The summed E-state index contributed by atoms with van der Waals surface area (Å²) in [6, 6.07) is 13.0. The van der Waals surface area contributed by atoms with Gasteiger partial charge in [-0.05, 0) is 42.8 Å². The molecular weight excluding hydrogens is 402 g/mol. The van der Waals surface area contributed by atoms with Gasteiger partial charge in [-0.1, -0.05) is 18.2 Å². The van der Waals surface area contributed by atoms with Crippen molar-refractivity contribution >= 4 is 35.6 Å². The minimum atomic E-state index is -1.90. The molecule has 0 bridgehead atoms. The number of carbonyl (C=O) groups excluding carboxylic acids is 3. The van der Waals surface area contributed by atoms with E-state index in [-0.39, 0.29) is 13.2 Å². The highest BCUT2D eigenvalue weighted by atomic mass is 16.5. The van der Waals surface area contributed by atoms with Crippen molar-refractivity contribution in [1.82, 2.24) is 4.90 Å². The van der Waals surface area contributed by atoms with Gasteiger partial charge in [-0.3, -0.25) is 4.79 Å². The number of ether oxygens (including phenoxy) is 1. The number of primary amides is 1. The Hall–Kier alpha value is -3.92. The van der Waals surface area contributed by atoms with E-state index in [2.05, 4.69) is 15.6 Å². The number of esters is 1. The maximum Gasteiger partial charge on any atom is 0.338 e. The summed E-state index contributed by atoms with van der Waals surface area (Å²) in [5, 5.41) is 15.3. The normalized spacial score (nSPS) is 17.3. The van der Waals surface area contributed by atoms with Gasteiger partial charge in [0, 0.05) is 17.9 Å². The SMILES string of the molecule is CCOC(=O)c1cccc(NC(=O)Nc2ccc(CN3C=NC(O)(C(N)=O)C3)cc2)c1. The maximum atomic E-state index is 12.3. The molecule has 10 nitrogen and oxygen atoms in total. The van der Waals surface area contributed by atoms with E-state index in [0.29, 0.717) is 23.5 Å². The maximum absolute atomic E-state index is 12.3. The molecule has 31 heavy (non-hydrogen) atoms. The van der Waals surface area contributed by atoms with Gasteiger partial charge in [0.1, 0.15) is 0 Å². The first kappa shape index (κ1) is 21.8. The minimum absolute atomic E-state index is 0.0183. The van der Waals surface area contributed by atoms with Crippen molar-refractivity contribution in [2.24, 2.45) is 10.7 Å². The first-order valence-electron chi connectivity index (χ1n) is 9.55. The Bertz CT molecular complexity index is 1010. The number of aliphatic hydroxyl groups is 1. The van der Waals surface area contributed by atoms with E-state index in [9.17, 15) is 19.5 Å². The van der Waals surface area contributed by atoms with Crippen LogP contribution in [-0.4, -0.2) is 53.1 Å². The van der Waals surface area contributed by atoms with E-state index in [4.69, 9.17) is 10.5 Å². The number of anilines is 2. The highest BCUT2D eigenvalue weighted by molar-refractivity contribution is 6.00. The molecule has 1 aliphatic rings. The van der Waals surface area contributed by atoms with Crippen molar-refractivity contribution in [3.05, 3.63) is 59.7 Å². The van der Waals surface area contributed by atoms with E-state index in [1.165, 1.54) is 12.4 Å². The van der Waals surface area contributed by atoms with E-state index in [1.807, 2.05) is 0 Å². The number of hydrogen-bond acceptors (Lipinski definition) is 7. The van der Waals surface area contributed by atoms with Crippen LogP contribution in [0.3, 0.4) is 0 Å². The first-order chi connectivity index (χ1) is 14.8. The largest absolute Gasteiger partial charge is 0.462 e. The molecule has 0 saturated heterocycles. The van der Waals surface area contributed by atoms with Crippen LogP contribution in [0.2, 0.25) is 0 Å². The number of urea groups is 1. The number of β-amino-alcohol motifs (C(OH)–C–C–N with tert-alkyl or cyclic N) is 1. The molecule has 0 aromatic heterocycles. The fourth-order valence-electron chi connectivity index (χ4n) is 2.94. The number of benzene rings is 2. The number of nitrogens with zero attached hydrogens (tertiary/aromatic N) is 2. The van der Waals surface area contributed by atoms with Gasteiger partial charge in [0.2, 0.25) is 0 Å². The van der Waals surface area contributed by atoms with E-state index in [1.54, 1.807) is 54.3 Å². The predicted octanol–water partition coefficient (Wildman–Crippen LogP) is 1.53. The second-order valence-corrected chi connectivity index (χ2v) is 6.91. The Morgan fingerprint density at radius 2 is 1.87 bits per heavy atom. The monoisotopic (exact) mass is 425 g/mol. The number of nitrogens with one attached hydrogen (secondary N) is 2. The van der Waals surface area contributed by atoms with Gasteiger partial charge in [-0.15, -0.1) is 0 Å². The molecule has 1 aliphatic heterocycles. The lowest BCUT2D eigenvalue weighted by atomic mass is 10.1. The van der Waals surface area contributed by atoms with E-state index < -0.39 is 23.6 Å². The number of hydrogen-bond donors (Lipinski definition) is 4. The summed E-state index contributed by atoms with van der Waals surface area (Å²) in [4.78, 5) is 40.7. The first-order valence-corrected chi connectivity index (χ1v) is 9.55. The standard InChI is InChI=1S/C21H23N5O5/c1-2-31-18(27)15-4-3-5-17(10-15)25-20(29)24-16-8-6-14(7-9-16)11-26-12-21(30,19(22)28)23-13-26/h3-10,13,30H,2,11-12H2,1H3,(H2,22,28)(H2,24,25,29). The highest BCUT2D eigenvalue weighted by Gasteiger charge is 2.38. The van der Waals surface area contributed by atoms with Gasteiger partial charge >= 0.3 is 12.0 Å². The molecule has 3 amide bonds. The van der Waals surface area contributed by atoms with Crippen molar-refractivity contribution in [2.75, 3.05) is 23.8 Å². The molecule has 1 unspecified atom stereocenters. The van der Waals surface area contributed by atoms with Gasteiger partial charge in [0.25, 0.3) is 11.6 Å². The van der Waals surface area contributed by atoms with Crippen LogP contribution >= 0.6 is 0 Å². The molecule has 2 aromatic carbocycles. The third kappa shape index (κ3) is 5.58. The zero-order valence-electron chi connectivity index (χ0n) is 16.9. The average Bonchev–Trinajstić information content (AvgIpc) is 3.12. The average molecular weight is 425 g/mol. The van der Waals surface area contributed by atoms with Crippen molar-refractivity contribution in [3.63, 3.8) is 0 Å². The van der Waals surface area contributed by atoms with E-state index in [0.717, 1.165) is 5.56 Å². The van der Waals surface area contributed by atoms with Crippen molar-refractivity contribution in [3.8, 4) is 0 Å². The van der Waals surface area contributed by atoms with E-state index >= 15 is 0 Å². The number of aliphatic imine (C=N–C) groups is 1. The summed E-state index contributed by atoms with van der Waals surface area (Å²) in [5.41, 5.74) is 5.49. The molecule has 10 heteroatoms. The zero-order valence-corrected chi connectivity index (χ0v) is 16.9. The molecule has 5 N–H and O–H groups in total. The molecule has 0 saturated carbocycles. The Kier molecular flexibility index (Phi) is 6.51.